The van der Waals surface area contributed by atoms with E-state index in [9.17, 15) is 4.79 Å². The zero-order valence-corrected chi connectivity index (χ0v) is 8.56. The van der Waals surface area contributed by atoms with Gasteiger partial charge in [-0.15, -0.1) is 0 Å². The van der Waals surface area contributed by atoms with E-state index >= 15 is 0 Å². The van der Waals surface area contributed by atoms with Crippen LogP contribution in [-0.4, -0.2) is 34.9 Å². The van der Waals surface area contributed by atoms with Crippen molar-refractivity contribution in [3.05, 3.63) is 18.5 Å². The minimum absolute atomic E-state index is 0.0193. The highest BCUT2D eigenvalue weighted by atomic mass is 16.5. The Morgan fingerprint density at radius 3 is 3.27 bits per heavy atom. The summed E-state index contributed by atoms with van der Waals surface area (Å²) in [6.45, 7) is 1.71. The summed E-state index contributed by atoms with van der Waals surface area (Å²) in [5, 5.41) is 6.80. The van der Waals surface area contributed by atoms with E-state index in [-0.39, 0.29) is 18.6 Å². The lowest BCUT2D eigenvalue weighted by Crippen LogP contribution is -2.34. The molecule has 0 aromatic carbocycles. The van der Waals surface area contributed by atoms with E-state index in [1.54, 1.807) is 23.1 Å². The summed E-state index contributed by atoms with van der Waals surface area (Å²) in [5.74, 6) is -0.0193. The van der Waals surface area contributed by atoms with Crippen LogP contribution in [0.2, 0.25) is 0 Å². The van der Waals surface area contributed by atoms with E-state index in [4.69, 9.17) is 4.74 Å². The molecule has 1 aromatic rings. The van der Waals surface area contributed by atoms with E-state index < -0.39 is 0 Å². The Morgan fingerprint density at radius 1 is 1.67 bits per heavy atom. The van der Waals surface area contributed by atoms with Crippen LogP contribution in [0, 0.1) is 0 Å². The molecule has 1 saturated heterocycles. The van der Waals surface area contributed by atoms with Gasteiger partial charge in [0.2, 0.25) is 5.91 Å². The highest BCUT2D eigenvalue weighted by Crippen LogP contribution is 2.10. The van der Waals surface area contributed by atoms with Crippen LogP contribution in [-0.2, 0) is 16.1 Å². The summed E-state index contributed by atoms with van der Waals surface area (Å²) in [4.78, 5) is 11.4. The van der Waals surface area contributed by atoms with Crippen molar-refractivity contribution in [2.45, 2.75) is 25.5 Å². The number of nitrogens with one attached hydrogen (secondary N) is 1. The van der Waals surface area contributed by atoms with Crippen LogP contribution in [0.5, 0.6) is 0 Å². The van der Waals surface area contributed by atoms with Crippen LogP contribution < -0.4 is 5.32 Å². The number of aromatic nitrogens is 2. The molecule has 5 nitrogen and oxygen atoms in total. The van der Waals surface area contributed by atoms with Crippen LogP contribution in [0.4, 0.5) is 0 Å². The van der Waals surface area contributed by atoms with Gasteiger partial charge in [-0.1, -0.05) is 0 Å². The number of rotatable bonds is 4. The van der Waals surface area contributed by atoms with Crippen molar-refractivity contribution >= 4 is 5.91 Å². The third-order valence-corrected chi connectivity index (χ3v) is 2.42. The molecule has 0 bridgehead atoms. The molecule has 5 heteroatoms. The lowest BCUT2D eigenvalue weighted by Gasteiger charge is -2.10. The lowest BCUT2D eigenvalue weighted by atomic mass is 10.2. The lowest BCUT2D eigenvalue weighted by molar-refractivity contribution is -0.122. The van der Waals surface area contributed by atoms with Gasteiger partial charge in [0, 0.05) is 25.5 Å². The molecule has 2 heterocycles. The number of ether oxygens (including phenoxy) is 1. The summed E-state index contributed by atoms with van der Waals surface area (Å²) < 4.78 is 7.00. The molecular formula is C10H15N3O2. The third kappa shape index (κ3) is 3.06. The fourth-order valence-electron chi connectivity index (χ4n) is 1.63. The van der Waals surface area contributed by atoms with Gasteiger partial charge in [-0.05, 0) is 18.9 Å². The van der Waals surface area contributed by atoms with Crippen molar-refractivity contribution in [2.75, 3.05) is 13.2 Å². The fraction of sp³-hybridized carbons (Fsp3) is 0.600. The zero-order chi connectivity index (χ0) is 10.5. The van der Waals surface area contributed by atoms with Gasteiger partial charge in [0.15, 0.2) is 0 Å². The molecule has 1 aliphatic rings. The largest absolute Gasteiger partial charge is 0.376 e. The van der Waals surface area contributed by atoms with Gasteiger partial charge in [-0.2, -0.15) is 5.10 Å². The van der Waals surface area contributed by atoms with E-state index in [0.717, 1.165) is 19.4 Å². The first kappa shape index (κ1) is 10.2. The van der Waals surface area contributed by atoms with Crippen molar-refractivity contribution in [2.24, 2.45) is 0 Å². The normalized spacial score (nSPS) is 20.4. The van der Waals surface area contributed by atoms with Crippen molar-refractivity contribution in [3.8, 4) is 0 Å². The number of nitrogens with zero attached hydrogens (tertiary/aromatic N) is 2. The van der Waals surface area contributed by atoms with Crippen LogP contribution in [0.25, 0.3) is 0 Å². The SMILES string of the molecule is O=C(Cn1cccn1)NCC1CCCO1. The van der Waals surface area contributed by atoms with E-state index in [1.165, 1.54) is 0 Å². The molecule has 1 amide bonds. The molecule has 0 spiro atoms. The number of hydrogen-bond acceptors (Lipinski definition) is 3. The number of carbonyl (C=O) groups excluding carboxylic acids is 1. The van der Waals surface area contributed by atoms with Gasteiger partial charge >= 0.3 is 0 Å². The van der Waals surface area contributed by atoms with Crippen LogP contribution >= 0.6 is 0 Å². The summed E-state index contributed by atoms with van der Waals surface area (Å²) >= 11 is 0. The molecule has 1 fully saturated rings. The maximum absolute atomic E-state index is 11.4. The third-order valence-electron chi connectivity index (χ3n) is 2.42. The summed E-state index contributed by atoms with van der Waals surface area (Å²) in [6.07, 6.45) is 5.77. The van der Waals surface area contributed by atoms with Gasteiger partial charge < -0.3 is 10.1 Å². The average molecular weight is 209 g/mol. The minimum Gasteiger partial charge on any atom is -0.376 e. The second kappa shape index (κ2) is 4.93. The molecule has 0 saturated carbocycles. The van der Waals surface area contributed by atoms with Gasteiger partial charge in [0.1, 0.15) is 6.54 Å². The smallest absolute Gasteiger partial charge is 0.241 e. The van der Waals surface area contributed by atoms with Crippen molar-refractivity contribution in [1.29, 1.82) is 0 Å². The van der Waals surface area contributed by atoms with Crippen LogP contribution in [0.3, 0.4) is 0 Å². The Labute approximate surface area is 88.4 Å². The average Bonchev–Trinajstić information content (AvgIpc) is 2.86. The molecule has 1 atom stereocenters. The molecule has 1 unspecified atom stereocenters. The quantitative estimate of drug-likeness (QED) is 0.769. The first-order valence-electron chi connectivity index (χ1n) is 5.20. The number of hydrogen-bond donors (Lipinski definition) is 1. The van der Waals surface area contributed by atoms with Crippen LogP contribution in [0.15, 0.2) is 18.5 Å². The molecule has 1 aromatic heterocycles. The molecule has 82 valence electrons. The second-order valence-electron chi connectivity index (χ2n) is 3.64. The van der Waals surface area contributed by atoms with Crippen molar-refractivity contribution in [1.82, 2.24) is 15.1 Å². The Balaban J connectivity index is 1.68. The first-order chi connectivity index (χ1) is 7.34. The second-order valence-corrected chi connectivity index (χ2v) is 3.64. The van der Waals surface area contributed by atoms with Crippen LogP contribution in [0.1, 0.15) is 12.8 Å². The predicted octanol–water partition coefficient (Wildman–Crippen LogP) is 0.178. The first-order valence-corrected chi connectivity index (χ1v) is 5.20. The Bertz CT molecular complexity index is 304. The minimum atomic E-state index is -0.0193. The van der Waals surface area contributed by atoms with E-state index in [2.05, 4.69) is 10.4 Å². The molecule has 2 rings (SSSR count). The maximum atomic E-state index is 11.4. The van der Waals surface area contributed by atoms with Gasteiger partial charge in [0.25, 0.3) is 0 Å². The van der Waals surface area contributed by atoms with E-state index in [0.29, 0.717) is 6.54 Å². The Kier molecular flexibility index (Phi) is 3.34. The Morgan fingerprint density at radius 2 is 2.60 bits per heavy atom. The van der Waals surface area contributed by atoms with Gasteiger partial charge in [-0.3, -0.25) is 9.48 Å². The molecule has 0 aliphatic carbocycles. The fourth-order valence-corrected chi connectivity index (χ4v) is 1.63. The molecule has 0 radical (unpaired) electrons. The summed E-state index contributed by atoms with van der Waals surface area (Å²) in [7, 11) is 0. The van der Waals surface area contributed by atoms with Gasteiger partial charge in [-0.25, -0.2) is 0 Å². The summed E-state index contributed by atoms with van der Waals surface area (Å²) in [6, 6.07) is 1.80. The molecular weight excluding hydrogens is 194 g/mol. The number of amides is 1. The molecule has 1 aliphatic heterocycles. The maximum Gasteiger partial charge on any atom is 0.241 e. The Hall–Kier alpha value is -1.36. The topological polar surface area (TPSA) is 56.2 Å². The standard InChI is InChI=1S/C10H15N3O2/c14-10(8-13-5-2-4-12-13)11-7-9-3-1-6-15-9/h2,4-5,9H,1,3,6-8H2,(H,11,14). The zero-order valence-electron chi connectivity index (χ0n) is 8.56. The molecule has 1 N–H and O–H groups in total. The number of carbonyl (C=O) groups is 1. The monoisotopic (exact) mass is 209 g/mol. The highest BCUT2D eigenvalue weighted by molar-refractivity contribution is 5.75. The molecule has 15 heavy (non-hydrogen) atoms. The van der Waals surface area contributed by atoms with Crippen molar-refractivity contribution < 1.29 is 9.53 Å². The van der Waals surface area contributed by atoms with E-state index in [1.807, 2.05) is 0 Å². The van der Waals surface area contributed by atoms with Gasteiger partial charge in [0.05, 0.1) is 6.10 Å². The predicted molar refractivity (Wildman–Crippen MR) is 54.2 cm³/mol. The highest BCUT2D eigenvalue weighted by Gasteiger charge is 2.15. The van der Waals surface area contributed by atoms with Crippen molar-refractivity contribution in [3.63, 3.8) is 0 Å². The summed E-state index contributed by atoms with van der Waals surface area (Å²) in [5.41, 5.74) is 0.